The van der Waals surface area contributed by atoms with Gasteiger partial charge in [-0.25, -0.2) is 4.79 Å². The highest BCUT2D eigenvalue weighted by Crippen LogP contribution is 2.04. The van der Waals surface area contributed by atoms with Crippen LogP contribution < -0.4 is 16.4 Å². The lowest BCUT2D eigenvalue weighted by molar-refractivity contribution is -0.123. The van der Waals surface area contributed by atoms with Gasteiger partial charge in [0, 0.05) is 12.6 Å². The Bertz CT molecular complexity index is 465. The molecule has 1 aromatic carbocycles. The standard InChI is InChI=1S/C16H25N3O3/c1-12(11-13-7-3-2-4-8-13)19-15(20)14(17)9-5-6-10-18-16(21)22/h2-4,7-8,12,14,18H,5-6,9-11,17H2,1H3,(H,19,20)(H,21,22)/t12-,14-/m0/s1. The molecule has 1 aromatic rings. The summed E-state index contributed by atoms with van der Waals surface area (Å²) in [4.78, 5) is 22.2. The molecular formula is C16H25N3O3. The topological polar surface area (TPSA) is 104 Å². The molecule has 0 aromatic heterocycles. The van der Waals surface area contributed by atoms with E-state index < -0.39 is 12.1 Å². The highest BCUT2D eigenvalue weighted by molar-refractivity contribution is 5.81. The van der Waals surface area contributed by atoms with E-state index in [1.165, 1.54) is 5.56 Å². The van der Waals surface area contributed by atoms with Crippen LogP contribution in [0.2, 0.25) is 0 Å². The number of hydrogen-bond acceptors (Lipinski definition) is 3. The molecule has 2 atom stereocenters. The minimum Gasteiger partial charge on any atom is -0.465 e. The Balaban J connectivity index is 2.21. The summed E-state index contributed by atoms with van der Waals surface area (Å²) in [6.07, 6.45) is 1.67. The van der Waals surface area contributed by atoms with Crippen molar-refractivity contribution in [2.75, 3.05) is 6.54 Å². The minimum atomic E-state index is -1.03. The van der Waals surface area contributed by atoms with E-state index in [0.717, 1.165) is 6.42 Å². The second-order valence-electron chi connectivity index (χ2n) is 5.43. The second-order valence-corrected chi connectivity index (χ2v) is 5.43. The summed E-state index contributed by atoms with van der Waals surface area (Å²) >= 11 is 0. The number of nitrogens with two attached hydrogens (primary N) is 1. The Morgan fingerprint density at radius 2 is 1.91 bits per heavy atom. The van der Waals surface area contributed by atoms with Crippen LogP contribution >= 0.6 is 0 Å². The van der Waals surface area contributed by atoms with Gasteiger partial charge in [0.1, 0.15) is 0 Å². The van der Waals surface area contributed by atoms with Crippen molar-refractivity contribution in [2.24, 2.45) is 5.73 Å². The predicted octanol–water partition coefficient (Wildman–Crippen LogP) is 1.50. The summed E-state index contributed by atoms with van der Waals surface area (Å²) in [6.45, 7) is 2.34. The van der Waals surface area contributed by atoms with Gasteiger partial charge in [-0.1, -0.05) is 30.3 Å². The highest BCUT2D eigenvalue weighted by atomic mass is 16.4. The number of carboxylic acid groups (broad SMARTS) is 1. The average molecular weight is 307 g/mol. The Morgan fingerprint density at radius 1 is 1.23 bits per heavy atom. The molecule has 0 aliphatic carbocycles. The van der Waals surface area contributed by atoms with Crippen molar-refractivity contribution in [1.29, 1.82) is 0 Å². The van der Waals surface area contributed by atoms with Crippen molar-refractivity contribution >= 4 is 12.0 Å². The van der Waals surface area contributed by atoms with Gasteiger partial charge in [-0.15, -0.1) is 0 Å². The van der Waals surface area contributed by atoms with Crippen molar-refractivity contribution in [3.63, 3.8) is 0 Å². The molecule has 0 aliphatic heterocycles. The molecule has 0 saturated heterocycles. The predicted molar refractivity (Wildman–Crippen MR) is 85.6 cm³/mol. The van der Waals surface area contributed by atoms with Crippen LogP contribution in [0.1, 0.15) is 31.7 Å². The van der Waals surface area contributed by atoms with Crippen LogP contribution in [0, 0.1) is 0 Å². The lowest BCUT2D eigenvalue weighted by Gasteiger charge is -2.17. The number of benzene rings is 1. The highest BCUT2D eigenvalue weighted by Gasteiger charge is 2.15. The summed E-state index contributed by atoms with van der Waals surface area (Å²) in [7, 11) is 0. The first-order chi connectivity index (χ1) is 10.5. The van der Waals surface area contributed by atoms with Crippen molar-refractivity contribution < 1.29 is 14.7 Å². The Labute approximate surface area is 131 Å². The maximum absolute atomic E-state index is 12.0. The molecule has 0 saturated carbocycles. The fourth-order valence-electron chi connectivity index (χ4n) is 2.18. The third-order valence-corrected chi connectivity index (χ3v) is 3.33. The summed E-state index contributed by atoms with van der Waals surface area (Å²) < 4.78 is 0. The Kier molecular flexibility index (Phi) is 7.99. The second kappa shape index (κ2) is 9.78. The minimum absolute atomic E-state index is 0.0228. The molecule has 2 amide bonds. The lowest BCUT2D eigenvalue weighted by Crippen LogP contribution is -2.45. The van der Waals surface area contributed by atoms with Crippen LogP contribution in [0.4, 0.5) is 4.79 Å². The van der Waals surface area contributed by atoms with Crippen molar-refractivity contribution in [2.45, 2.75) is 44.7 Å². The summed E-state index contributed by atoms with van der Waals surface area (Å²) in [6, 6.07) is 9.43. The number of hydrogen-bond donors (Lipinski definition) is 4. The van der Waals surface area contributed by atoms with E-state index in [-0.39, 0.29) is 11.9 Å². The zero-order valence-electron chi connectivity index (χ0n) is 12.9. The smallest absolute Gasteiger partial charge is 0.404 e. The molecule has 0 heterocycles. The van der Waals surface area contributed by atoms with Gasteiger partial charge in [0.05, 0.1) is 6.04 Å². The molecule has 0 unspecified atom stereocenters. The molecule has 6 nitrogen and oxygen atoms in total. The quantitative estimate of drug-likeness (QED) is 0.519. The molecule has 6 heteroatoms. The molecule has 122 valence electrons. The van der Waals surface area contributed by atoms with Gasteiger partial charge < -0.3 is 21.5 Å². The lowest BCUT2D eigenvalue weighted by atomic mass is 10.1. The third-order valence-electron chi connectivity index (χ3n) is 3.33. The summed E-state index contributed by atoms with van der Waals surface area (Å²) in [5, 5.41) is 13.6. The maximum Gasteiger partial charge on any atom is 0.404 e. The largest absolute Gasteiger partial charge is 0.465 e. The molecule has 0 aliphatic rings. The van der Waals surface area contributed by atoms with E-state index in [2.05, 4.69) is 10.6 Å². The molecule has 0 bridgehead atoms. The SMILES string of the molecule is C[C@@H](Cc1ccccc1)NC(=O)[C@@H](N)CCCCNC(=O)O. The van der Waals surface area contributed by atoms with Gasteiger partial charge >= 0.3 is 6.09 Å². The van der Waals surface area contributed by atoms with E-state index in [9.17, 15) is 9.59 Å². The van der Waals surface area contributed by atoms with Crippen LogP contribution in [0.25, 0.3) is 0 Å². The van der Waals surface area contributed by atoms with E-state index >= 15 is 0 Å². The van der Waals surface area contributed by atoms with Gasteiger partial charge in [-0.05, 0) is 38.2 Å². The fourth-order valence-corrected chi connectivity index (χ4v) is 2.18. The van der Waals surface area contributed by atoms with Crippen LogP contribution in [0.15, 0.2) is 30.3 Å². The number of unbranched alkanes of at least 4 members (excludes halogenated alkanes) is 1. The number of nitrogens with one attached hydrogen (secondary N) is 2. The molecule has 22 heavy (non-hydrogen) atoms. The van der Waals surface area contributed by atoms with Gasteiger partial charge in [-0.2, -0.15) is 0 Å². The van der Waals surface area contributed by atoms with Crippen LogP contribution in [-0.4, -0.2) is 35.7 Å². The summed E-state index contributed by atoms with van der Waals surface area (Å²) in [5.41, 5.74) is 7.02. The first kappa shape index (κ1) is 18.0. The van der Waals surface area contributed by atoms with E-state index in [1.807, 2.05) is 37.3 Å². The van der Waals surface area contributed by atoms with Crippen molar-refractivity contribution in [3.8, 4) is 0 Å². The fraction of sp³-hybridized carbons (Fsp3) is 0.500. The van der Waals surface area contributed by atoms with Crippen molar-refractivity contribution in [3.05, 3.63) is 35.9 Å². The number of carbonyl (C=O) groups excluding carboxylic acids is 1. The Hall–Kier alpha value is -2.08. The van der Waals surface area contributed by atoms with E-state index in [4.69, 9.17) is 10.8 Å². The third kappa shape index (κ3) is 7.64. The number of carbonyl (C=O) groups is 2. The van der Waals surface area contributed by atoms with Crippen molar-refractivity contribution in [1.82, 2.24) is 10.6 Å². The van der Waals surface area contributed by atoms with E-state index in [1.54, 1.807) is 0 Å². The molecule has 0 fully saturated rings. The first-order valence-corrected chi connectivity index (χ1v) is 7.55. The average Bonchev–Trinajstić information content (AvgIpc) is 2.47. The summed E-state index contributed by atoms with van der Waals surface area (Å²) in [5.74, 6) is -0.158. The maximum atomic E-state index is 12.0. The van der Waals surface area contributed by atoms with Crippen LogP contribution in [0.3, 0.4) is 0 Å². The first-order valence-electron chi connectivity index (χ1n) is 7.55. The monoisotopic (exact) mass is 307 g/mol. The zero-order valence-corrected chi connectivity index (χ0v) is 12.9. The normalized spacial score (nSPS) is 13.2. The molecule has 0 spiro atoms. The molecule has 1 rings (SSSR count). The number of amides is 2. The van der Waals surface area contributed by atoms with Gasteiger partial charge in [0.15, 0.2) is 0 Å². The van der Waals surface area contributed by atoms with Crippen LogP contribution in [0.5, 0.6) is 0 Å². The van der Waals surface area contributed by atoms with Gasteiger partial charge in [-0.3, -0.25) is 4.79 Å². The zero-order chi connectivity index (χ0) is 16.4. The number of rotatable bonds is 9. The van der Waals surface area contributed by atoms with Gasteiger partial charge in [0.2, 0.25) is 5.91 Å². The van der Waals surface area contributed by atoms with Crippen LogP contribution in [-0.2, 0) is 11.2 Å². The molecular weight excluding hydrogens is 282 g/mol. The Morgan fingerprint density at radius 3 is 2.55 bits per heavy atom. The molecule has 0 radical (unpaired) electrons. The van der Waals surface area contributed by atoms with Gasteiger partial charge in [0.25, 0.3) is 0 Å². The van der Waals surface area contributed by atoms with E-state index in [0.29, 0.717) is 25.8 Å². The molecule has 5 N–H and O–H groups in total.